The Morgan fingerprint density at radius 1 is 1.27 bits per heavy atom. The Labute approximate surface area is 93.7 Å². The van der Waals surface area contributed by atoms with Crippen LogP contribution in [0.1, 0.15) is 19.3 Å². The summed E-state index contributed by atoms with van der Waals surface area (Å²) in [4.78, 5) is 2.29. The predicted octanol–water partition coefficient (Wildman–Crippen LogP) is 2.38. The number of para-hydroxylation sites is 1. The van der Waals surface area contributed by atoms with Gasteiger partial charge in [-0.3, -0.25) is 4.21 Å². The number of anilines is 1. The normalized spacial score (nSPS) is 23.8. The summed E-state index contributed by atoms with van der Waals surface area (Å²) >= 11 is 0. The predicted molar refractivity (Wildman–Crippen MR) is 65.5 cm³/mol. The highest BCUT2D eigenvalue weighted by Gasteiger charge is 2.25. The molecule has 1 aliphatic heterocycles. The zero-order chi connectivity index (χ0) is 10.7. The third-order valence-corrected chi connectivity index (χ3v) is 4.18. The fraction of sp³-hybridized carbons (Fsp3) is 0.500. The van der Waals surface area contributed by atoms with Gasteiger partial charge in [0.15, 0.2) is 0 Å². The van der Waals surface area contributed by atoms with Crippen LogP contribution in [-0.4, -0.2) is 22.4 Å². The fourth-order valence-electron chi connectivity index (χ4n) is 2.16. The molecule has 1 saturated heterocycles. The van der Waals surface area contributed by atoms with E-state index in [1.807, 2.05) is 24.5 Å². The molecule has 2 nitrogen and oxygen atoms in total. The van der Waals surface area contributed by atoms with E-state index in [0.717, 1.165) is 13.0 Å². The summed E-state index contributed by atoms with van der Waals surface area (Å²) in [6.07, 6.45) is 5.28. The molecule has 2 atom stereocenters. The highest BCUT2D eigenvalue weighted by atomic mass is 32.2. The lowest BCUT2D eigenvalue weighted by atomic mass is 10.1. The highest BCUT2D eigenvalue weighted by Crippen LogP contribution is 2.25. The Bertz CT molecular complexity index is 339. The number of piperidine rings is 1. The average Bonchev–Trinajstić information content (AvgIpc) is 2.30. The van der Waals surface area contributed by atoms with Crippen LogP contribution in [0.2, 0.25) is 0 Å². The van der Waals surface area contributed by atoms with E-state index in [2.05, 4.69) is 17.0 Å². The third-order valence-electron chi connectivity index (χ3n) is 2.92. The highest BCUT2D eigenvalue weighted by molar-refractivity contribution is 7.85. The van der Waals surface area contributed by atoms with E-state index in [0.29, 0.717) is 0 Å². The van der Waals surface area contributed by atoms with Crippen LogP contribution in [0.4, 0.5) is 5.69 Å². The summed E-state index contributed by atoms with van der Waals surface area (Å²) in [5, 5.41) is 0.209. The molecule has 0 aromatic heterocycles. The van der Waals surface area contributed by atoms with E-state index in [-0.39, 0.29) is 5.37 Å². The molecule has 0 radical (unpaired) electrons. The van der Waals surface area contributed by atoms with Gasteiger partial charge in [0.1, 0.15) is 5.37 Å². The monoisotopic (exact) mass is 223 g/mol. The van der Waals surface area contributed by atoms with E-state index >= 15 is 0 Å². The molecule has 1 aromatic carbocycles. The molecule has 0 amide bonds. The lowest BCUT2D eigenvalue weighted by molar-refractivity contribution is 0.538. The Hall–Kier alpha value is -0.830. The van der Waals surface area contributed by atoms with Crippen molar-refractivity contribution in [3.63, 3.8) is 0 Å². The van der Waals surface area contributed by atoms with Gasteiger partial charge in [0.2, 0.25) is 0 Å². The standard InChI is InChI=1S/C12H17NOS/c1-15(14)12-9-5-6-10-13(12)11-7-3-2-4-8-11/h2-4,7-8,12H,5-6,9-10H2,1H3. The minimum absolute atomic E-state index is 0.209. The zero-order valence-electron chi connectivity index (χ0n) is 9.06. The van der Waals surface area contributed by atoms with Gasteiger partial charge in [0.25, 0.3) is 0 Å². The van der Waals surface area contributed by atoms with Crippen molar-refractivity contribution in [1.82, 2.24) is 0 Å². The van der Waals surface area contributed by atoms with Crippen LogP contribution >= 0.6 is 0 Å². The molecule has 1 fully saturated rings. The second-order valence-corrected chi connectivity index (χ2v) is 5.52. The first kappa shape index (κ1) is 10.7. The maximum absolute atomic E-state index is 11.7. The quantitative estimate of drug-likeness (QED) is 0.767. The Morgan fingerprint density at radius 2 is 2.00 bits per heavy atom. The van der Waals surface area contributed by atoms with E-state index < -0.39 is 10.8 Å². The lowest BCUT2D eigenvalue weighted by Crippen LogP contribution is -2.42. The molecule has 1 heterocycles. The fourth-order valence-corrected chi connectivity index (χ4v) is 3.25. The molecule has 0 saturated carbocycles. The van der Waals surface area contributed by atoms with Crippen LogP contribution in [-0.2, 0) is 10.8 Å². The molecule has 2 unspecified atom stereocenters. The van der Waals surface area contributed by atoms with Crippen molar-refractivity contribution >= 4 is 16.5 Å². The molecule has 0 N–H and O–H groups in total. The molecule has 1 aromatic rings. The van der Waals surface area contributed by atoms with Crippen LogP contribution in [0.25, 0.3) is 0 Å². The molecule has 2 rings (SSSR count). The number of hydrogen-bond donors (Lipinski definition) is 0. The maximum Gasteiger partial charge on any atom is 0.104 e. The average molecular weight is 223 g/mol. The zero-order valence-corrected chi connectivity index (χ0v) is 9.87. The molecule has 1 aliphatic rings. The van der Waals surface area contributed by atoms with Crippen LogP contribution in [0.5, 0.6) is 0 Å². The molecular formula is C12H17NOS. The number of rotatable bonds is 2. The Kier molecular flexibility index (Phi) is 3.41. The van der Waals surface area contributed by atoms with Gasteiger partial charge >= 0.3 is 0 Å². The summed E-state index contributed by atoms with van der Waals surface area (Å²) in [5.74, 6) is 0. The van der Waals surface area contributed by atoms with Gasteiger partial charge in [0.05, 0.1) is 0 Å². The van der Waals surface area contributed by atoms with Crippen molar-refractivity contribution in [3.8, 4) is 0 Å². The first-order valence-electron chi connectivity index (χ1n) is 5.43. The Balaban J connectivity index is 2.22. The molecule has 3 heteroatoms. The van der Waals surface area contributed by atoms with Gasteiger partial charge in [-0.2, -0.15) is 0 Å². The molecule has 0 bridgehead atoms. The van der Waals surface area contributed by atoms with Gasteiger partial charge in [-0.25, -0.2) is 0 Å². The van der Waals surface area contributed by atoms with Crippen LogP contribution in [0.15, 0.2) is 30.3 Å². The van der Waals surface area contributed by atoms with E-state index in [9.17, 15) is 4.21 Å². The number of nitrogens with zero attached hydrogens (tertiary/aromatic N) is 1. The van der Waals surface area contributed by atoms with Crippen LogP contribution < -0.4 is 4.90 Å². The van der Waals surface area contributed by atoms with Gasteiger partial charge < -0.3 is 4.90 Å². The maximum atomic E-state index is 11.7. The lowest BCUT2D eigenvalue weighted by Gasteiger charge is -2.36. The minimum Gasteiger partial charge on any atom is -0.357 e. The van der Waals surface area contributed by atoms with Crippen molar-refractivity contribution in [2.75, 3.05) is 17.7 Å². The topological polar surface area (TPSA) is 20.3 Å². The summed E-state index contributed by atoms with van der Waals surface area (Å²) in [5.41, 5.74) is 1.21. The third kappa shape index (κ3) is 2.40. The Morgan fingerprint density at radius 3 is 2.67 bits per heavy atom. The molecule has 15 heavy (non-hydrogen) atoms. The van der Waals surface area contributed by atoms with Crippen molar-refractivity contribution < 1.29 is 4.21 Å². The second-order valence-electron chi connectivity index (χ2n) is 3.98. The van der Waals surface area contributed by atoms with Gasteiger partial charge in [0, 0.05) is 29.3 Å². The van der Waals surface area contributed by atoms with Crippen molar-refractivity contribution in [1.29, 1.82) is 0 Å². The minimum atomic E-state index is -0.757. The van der Waals surface area contributed by atoms with Gasteiger partial charge in [-0.05, 0) is 31.4 Å². The number of benzene rings is 1. The second kappa shape index (κ2) is 4.79. The smallest absolute Gasteiger partial charge is 0.104 e. The van der Waals surface area contributed by atoms with E-state index in [1.165, 1.54) is 18.5 Å². The molecular weight excluding hydrogens is 206 g/mol. The summed E-state index contributed by atoms with van der Waals surface area (Å²) in [7, 11) is -0.757. The van der Waals surface area contributed by atoms with Crippen molar-refractivity contribution in [2.24, 2.45) is 0 Å². The SMILES string of the molecule is CS(=O)C1CCCCN1c1ccccc1. The molecule has 0 aliphatic carbocycles. The van der Waals surface area contributed by atoms with Crippen molar-refractivity contribution in [2.45, 2.75) is 24.6 Å². The summed E-state index contributed by atoms with van der Waals surface area (Å²) in [6, 6.07) is 10.3. The van der Waals surface area contributed by atoms with E-state index in [4.69, 9.17) is 0 Å². The van der Waals surface area contributed by atoms with Crippen molar-refractivity contribution in [3.05, 3.63) is 30.3 Å². The molecule has 0 spiro atoms. The molecule has 82 valence electrons. The van der Waals surface area contributed by atoms with Gasteiger partial charge in [-0.15, -0.1) is 0 Å². The van der Waals surface area contributed by atoms with Crippen LogP contribution in [0.3, 0.4) is 0 Å². The van der Waals surface area contributed by atoms with Crippen LogP contribution in [0, 0.1) is 0 Å². The number of hydrogen-bond acceptors (Lipinski definition) is 2. The van der Waals surface area contributed by atoms with E-state index in [1.54, 1.807) is 0 Å². The van der Waals surface area contributed by atoms with Gasteiger partial charge in [-0.1, -0.05) is 18.2 Å². The largest absolute Gasteiger partial charge is 0.357 e. The summed E-state index contributed by atoms with van der Waals surface area (Å²) in [6.45, 7) is 1.04. The first-order valence-corrected chi connectivity index (χ1v) is 7.05. The summed E-state index contributed by atoms with van der Waals surface area (Å²) < 4.78 is 11.7. The first-order chi connectivity index (χ1) is 7.29.